The quantitative estimate of drug-likeness (QED) is 0.855. The summed E-state index contributed by atoms with van der Waals surface area (Å²) >= 11 is 3.33. The van der Waals surface area contributed by atoms with Crippen LogP contribution in [-0.4, -0.2) is 46.2 Å². The Morgan fingerprint density at radius 2 is 2.22 bits per heavy atom. The molecule has 2 aromatic rings. The molecular formula is C15H15BrN4O3. The number of amides is 1. The first-order valence-electron chi connectivity index (χ1n) is 7.01. The lowest BCUT2D eigenvalue weighted by molar-refractivity contribution is 0.105. The van der Waals surface area contributed by atoms with Gasteiger partial charge in [-0.05, 0) is 33.6 Å². The molecular weight excluding hydrogens is 364 g/mol. The third-order valence-electron chi connectivity index (χ3n) is 3.95. The van der Waals surface area contributed by atoms with Gasteiger partial charge in [-0.1, -0.05) is 6.07 Å². The molecule has 2 N–H and O–H groups in total. The topological polar surface area (TPSA) is 89.5 Å². The smallest absolute Gasteiger partial charge is 0.407 e. The third kappa shape index (κ3) is 3.07. The molecule has 0 radical (unpaired) electrons. The number of hydrogen-bond acceptors (Lipinski definition) is 4. The van der Waals surface area contributed by atoms with Gasteiger partial charge in [0.15, 0.2) is 0 Å². The van der Waals surface area contributed by atoms with Crippen LogP contribution >= 0.6 is 15.9 Å². The lowest BCUT2D eigenvalue weighted by Gasteiger charge is -2.37. The number of aromatic nitrogens is 2. The van der Waals surface area contributed by atoms with Gasteiger partial charge in [0.2, 0.25) is 0 Å². The van der Waals surface area contributed by atoms with Crippen LogP contribution in [0, 0.1) is 0 Å². The standard InChI is InChI=1S/C15H15BrN4O3/c1-19(12-4-11(16)6-18-14(12)21)13-3-2-9(5-17-13)10-7-20(8-10)15(22)23/h2-6,10H,7-8H2,1H3,(H,18,21)(H,22,23). The Morgan fingerprint density at radius 1 is 1.48 bits per heavy atom. The molecule has 1 amide bonds. The maximum atomic E-state index is 11.9. The Labute approximate surface area is 140 Å². The molecule has 3 heterocycles. The first kappa shape index (κ1) is 15.5. The lowest BCUT2D eigenvalue weighted by atomic mass is 9.93. The summed E-state index contributed by atoms with van der Waals surface area (Å²) in [6.45, 7) is 0.995. The summed E-state index contributed by atoms with van der Waals surface area (Å²) in [5, 5.41) is 8.86. The van der Waals surface area contributed by atoms with Crippen LogP contribution in [0.15, 0.2) is 39.9 Å². The minimum Gasteiger partial charge on any atom is -0.465 e. The second-order valence-electron chi connectivity index (χ2n) is 5.43. The van der Waals surface area contributed by atoms with Crippen LogP contribution in [0.3, 0.4) is 0 Å². The highest BCUT2D eigenvalue weighted by Gasteiger charge is 2.31. The minimum atomic E-state index is -0.889. The molecule has 1 aliphatic rings. The molecule has 23 heavy (non-hydrogen) atoms. The fraction of sp³-hybridized carbons (Fsp3) is 0.267. The predicted molar refractivity (Wildman–Crippen MR) is 89.4 cm³/mol. The highest BCUT2D eigenvalue weighted by atomic mass is 79.9. The highest BCUT2D eigenvalue weighted by molar-refractivity contribution is 9.10. The monoisotopic (exact) mass is 378 g/mol. The molecule has 2 aromatic heterocycles. The van der Waals surface area contributed by atoms with Crippen molar-refractivity contribution in [2.75, 3.05) is 25.0 Å². The van der Waals surface area contributed by atoms with Crippen LogP contribution in [0.4, 0.5) is 16.3 Å². The lowest BCUT2D eigenvalue weighted by Crippen LogP contribution is -2.47. The van der Waals surface area contributed by atoms with Crippen molar-refractivity contribution in [2.45, 2.75) is 5.92 Å². The summed E-state index contributed by atoms with van der Waals surface area (Å²) in [4.78, 5) is 32.8. The van der Waals surface area contributed by atoms with E-state index in [-0.39, 0.29) is 11.5 Å². The van der Waals surface area contributed by atoms with E-state index in [9.17, 15) is 9.59 Å². The van der Waals surface area contributed by atoms with E-state index in [1.807, 2.05) is 12.1 Å². The van der Waals surface area contributed by atoms with E-state index in [4.69, 9.17) is 5.11 Å². The number of carbonyl (C=O) groups is 1. The summed E-state index contributed by atoms with van der Waals surface area (Å²) < 4.78 is 0.777. The Kier molecular flexibility index (Phi) is 4.08. The third-order valence-corrected chi connectivity index (χ3v) is 4.41. The van der Waals surface area contributed by atoms with Gasteiger partial charge >= 0.3 is 6.09 Å². The number of nitrogens with zero attached hydrogens (tertiary/aromatic N) is 3. The zero-order valence-corrected chi connectivity index (χ0v) is 13.9. The van der Waals surface area contributed by atoms with Gasteiger partial charge in [0.05, 0.1) is 0 Å². The van der Waals surface area contributed by atoms with Crippen LogP contribution in [-0.2, 0) is 0 Å². The summed E-state index contributed by atoms with van der Waals surface area (Å²) in [7, 11) is 1.77. The largest absolute Gasteiger partial charge is 0.465 e. The molecule has 1 aliphatic heterocycles. The van der Waals surface area contributed by atoms with Gasteiger partial charge in [0, 0.05) is 42.9 Å². The second-order valence-corrected chi connectivity index (χ2v) is 6.34. The fourth-order valence-corrected chi connectivity index (χ4v) is 2.83. The number of anilines is 2. The van der Waals surface area contributed by atoms with E-state index in [1.165, 1.54) is 4.90 Å². The van der Waals surface area contributed by atoms with Gasteiger partial charge in [-0.15, -0.1) is 0 Å². The van der Waals surface area contributed by atoms with Crippen molar-refractivity contribution in [1.82, 2.24) is 14.9 Å². The van der Waals surface area contributed by atoms with E-state index in [1.54, 1.807) is 30.4 Å². The van der Waals surface area contributed by atoms with Crippen LogP contribution in [0.2, 0.25) is 0 Å². The maximum Gasteiger partial charge on any atom is 0.407 e. The average Bonchev–Trinajstić information content (AvgIpc) is 2.48. The predicted octanol–water partition coefficient (Wildman–Crippen LogP) is 2.38. The second kappa shape index (κ2) is 6.04. The van der Waals surface area contributed by atoms with E-state index in [0.29, 0.717) is 24.6 Å². The summed E-state index contributed by atoms with van der Waals surface area (Å²) in [6.07, 6.45) is 2.43. The zero-order chi connectivity index (χ0) is 16.6. The minimum absolute atomic E-state index is 0.187. The number of rotatable bonds is 3. The van der Waals surface area contributed by atoms with Crippen LogP contribution in [0.25, 0.3) is 0 Å². The van der Waals surface area contributed by atoms with Crippen molar-refractivity contribution < 1.29 is 9.90 Å². The molecule has 0 unspecified atom stereocenters. The molecule has 0 bridgehead atoms. The van der Waals surface area contributed by atoms with E-state index >= 15 is 0 Å². The van der Waals surface area contributed by atoms with Crippen molar-refractivity contribution in [2.24, 2.45) is 0 Å². The van der Waals surface area contributed by atoms with E-state index in [0.717, 1.165) is 10.0 Å². The van der Waals surface area contributed by atoms with Gasteiger partial charge in [-0.25, -0.2) is 9.78 Å². The summed E-state index contributed by atoms with van der Waals surface area (Å²) in [6, 6.07) is 5.49. The first-order valence-corrected chi connectivity index (χ1v) is 7.81. The van der Waals surface area contributed by atoms with Gasteiger partial charge in [-0.2, -0.15) is 0 Å². The molecule has 8 heteroatoms. The van der Waals surface area contributed by atoms with Crippen molar-refractivity contribution in [3.8, 4) is 0 Å². The average molecular weight is 379 g/mol. The van der Waals surface area contributed by atoms with Gasteiger partial charge in [-0.3, -0.25) is 4.79 Å². The Balaban J connectivity index is 1.76. The fourth-order valence-electron chi connectivity index (χ4n) is 2.50. The first-order chi connectivity index (χ1) is 11.0. The Morgan fingerprint density at radius 3 is 2.83 bits per heavy atom. The van der Waals surface area contributed by atoms with Crippen molar-refractivity contribution in [3.63, 3.8) is 0 Å². The van der Waals surface area contributed by atoms with Crippen LogP contribution in [0.5, 0.6) is 0 Å². The number of hydrogen-bond donors (Lipinski definition) is 2. The van der Waals surface area contributed by atoms with Crippen molar-refractivity contribution in [3.05, 3.63) is 51.0 Å². The van der Waals surface area contributed by atoms with Gasteiger partial charge in [0.25, 0.3) is 5.56 Å². The molecule has 120 valence electrons. The van der Waals surface area contributed by atoms with E-state index in [2.05, 4.69) is 25.9 Å². The molecule has 0 spiro atoms. The van der Waals surface area contributed by atoms with Crippen molar-refractivity contribution >= 4 is 33.5 Å². The number of H-pyrrole nitrogens is 1. The Hall–Kier alpha value is -2.35. The van der Waals surface area contributed by atoms with E-state index < -0.39 is 6.09 Å². The number of aromatic amines is 1. The molecule has 0 aliphatic carbocycles. The van der Waals surface area contributed by atoms with Crippen molar-refractivity contribution in [1.29, 1.82) is 0 Å². The number of halogens is 1. The Bertz CT molecular complexity index is 784. The van der Waals surface area contributed by atoms with Gasteiger partial charge in [0.1, 0.15) is 11.5 Å². The zero-order valence-electron chi connectivity index (χ0n) is 12.4. The van der Waals surface area contributed by atoms with Crippen LogP contribution in [0.1, 0.15) is 11.5 Å². The molecule has 1 saturated heterocycles. The number of pyridine rings is 2. The normalized spacial score (nSPS) is 14.4. The maximum absolute atomic E-state index is 11.9. The molecule has 1 fully saturated rings. The number of carboxylic acid groups (broad SMARTS) is 1. The molecule has 0 atom stereocenters. The summed E-state index contributed by atoms with van der Waals surface area (Å²) in [5.41, 5.74) is 1.29. The molecule has 7 nitrogen and oxygen atoms in total. The number of likely N-dealkylation sites (tertiary alicyclic amines) is 1. The number of nitrogens with one attached hydrogen (secondary N) is 1. The summed E-state index contributed by atoms with van der Waals surface area (Å²) in [5.74, 6) is 0.832. The molecule has 0 saturated carbocycles. The molecule has 0 aromatic carbocycles. The SMILES string of the molecule is CN(c1ccc(C2CN(C(=O)O)C2)cn1)c1cc(Br)c[nH]c1=O. The highest BCUT2D eigenvalue weighted by Crippen LogP contribution is 2.28. The molecule has 3 rings (SSSR count). The van der Waals surface area contributed by atoms with Gasteiger partial charge < -0.3 is 19.9 Å². The van der Waals surface area contributed by atoms with Crippen LogP contribution < -0.4 is 10.5 Å².